The van der Waals surface area contributed by atoms with Crippen molar-refractivity contribution in [2.45, 2.75) is 17.2 Å². The lowest BCUT2D eigenvalue weighted by Gasteiger charge is -2.32. The van der Waals surface area contributed by atoms with Crippen LogP contribution in [0.2, 0.25) is 0 Å². The molecule has 2 atom stereocenters. The van der Waals surface area contributed by atoms with Gasteiger partial charge in [-0.3, -0.25) is 9.69 Å². The number of amides is 2. The first-order valence-corrected chi connectivity index (χ1v) is 8.95. The maximum absolute atomic E-state index is 14.1. The number of carbonyl (C=O) groups is 2. The highest BCUT2D eigenvalue weighted by Crippen LogP contribution is 2.28. The van der Waals surface area contributed by atoms with Crippen LogP contribution in [0.4, 0.5) is 20.6 Å². The highest BCUT2D eigenvalue weighted by molar-refractivity contribution is 6.53. The molecule has 0 aromatic heterocycles. The summed E-state index contributed by atoms with van der Waals surface area (Å²) in [5.41, 5.74) is 1.25. The van der Waals surface area contributed by atoms with Crippen molar-refractivity contribution in [3.05, 3.63) is 24.3 Å². The Kier molecular flexibility index (Phi) is 6.05. The van der Waals surface area contributed by atoms with Crippen LogP contribution in [-0.2, 0) is 14.3 Å². The molecular weight excluding hydrogens is 388 g/mol. The molecular formula is C16H18Cl2FN3O4. The van der Waals surface area contributed by atoms with E-state index in [1.807, 2.05) is 0 Å². The first kappa shape index (κ1) is 19.0. The van der Waals surface area contributed by atoms with Gasteiger partial charge in [0.2, 0.25) is 0 Å². The Bertz CT molecular complexity index is 679. The average Bonchev–Trinajstić information content (AvgIpc) is 3.01. The summed E-state index contributed by atoms with van der Waals surface area (Å²) in [5, 5.41) is 2.51. The molecule has 2 aliphatic heterocycles. The zero-order valence-electron chi connectivity index (χ0n) is 13.7. The fraction of sp³-hybridized carbons (Fsp3) is 0.500. The second kappa shape index (κ2) is 8.28. The predicted octanol–water partition coefficient (Wildman–Crippen LogP) is 2.06. The minimum Gasteiger partial charge on any atom is -0.442 e. The topological polar surface area (TPSA) is 71.1 Å². The zero-order chi connectivity index (χ0) is 18.7. The normalized spacial score (nSPS) is 23.3. The van der Waals surface area contributed by atoms with E-state index in [0.29, 0.717) is 24.5 Å². The van der Waals surface area contributed by atoms with Gasteiger partial charge >= 0.3 is 6.09 Å². The third-order valence-electron chi connectivity index (χ3n) is 4.12. The van der Waals surface area contributed by atoms with E-state index in [0.717, 1.165) is 0 Å². The van der Waals surface area contributed by atoms with Crippen molar-refractivity contribution in [1.29, 1.82) is 0 Å². The fourth-order valence-corrected chi connectivity index (χ4v) is 2.99. The van der Waals surface area contributed by atoms with E-state index in [-0.39, 0.29) is 19.7 Å². The lowest BCUT2D eigenvalue weighted by atomic mass is 10.2. The van der Waals surface area contributed by atoms with E-state index in [4.69, 9.17) is 32.7 Å². The average molecular weight is 406 g/mol. The number of hydrogen-bond donors (Lipinski definition) is 1. The number of hydrogen-bond acceptors (Lipinski definition) is 5. The molecule has 142 valence electrons. The maximum Gasteiger partial charge on any atom is 0.414 e. The minimum atomic E-state index is -1.23. The van der Waals surface area contributed by atoms with Crippen molar-refractivity contribution < 1.29 is 23.5 Å². The number of rotatable bonds is 5. The van der Waals surface area contributed by atoms with Crippen molar-refractivity contribution in [2.75, 3.05) is 42.6 Å². The highest BCUT2D eigenvalue weighted by Gasteiger charge is 2.33. The summed E-state index contributed by atoms with van der Waals surface area (Å²) in [6.45, 7) is 1.24. The van der Waals surface area contributed by atoms with E-state index in [2.05, 4.69) is 5.32 Å². The molecule has 10 heteroatoms. The van der Waals surface area contributed by atoms with E-state index in [1.165, 1.54) is 4.90 Å². The van der Waals surface area contributed by atoms with Gasteiger partial charge in [0.15, 0.2) is 11.1 Å². The Morgan fingerprint density at radius 3 is 2.88 bits per heavy atom. The molecule has 0 spiro atoms. The van der Waals surface area contributed by atoms with Gasteiger partial charge in [0.1, 0.15) is 6.10 Å². The lowest BCUT2D eigenvalue weighted by Crippen LogP contribution is -2.43. The van der Waals surface area contributed by atoms with Gasteiger partial charge in [-0.25, -0.2) is 9.18 Å². The summed E-state index contributed by atoms with van der Waals surface area (Å²) >= 11 is 10.9. The number of alkyl halides is 3. The standard InChI is InChI=1S/C16H18Cl2FN3O4/c17-14(18)15(23)20-7-12-8-22(16(24)26-12)11-3-1-2-10(6-11)21-4-5-25-9-13(21)19/h1-3,6,12-14H,4-5,7-9H2,(H,20,23). The van der Waals surface area contributed by atoms with Gasteiger partial charge in [-0.05, 0) is 18.2 Å². The van der Waals surface area contributed by atoms with Gasteiger partial charge in [-0.2, -0.15) is 0 Å². The van der Waals surface area contributed by atoms with Crippen LogP contribution < -0.4 is 15.1 Å². The molecule has 3 rings (SSSR count). The molecule has 2 saturated heterocycles. The van der Waals surface area contributed by atoms with Crippen LogP contribution in [0, 0.1) is 0 Å². The van der Waals surface area contributed by atoms with Gasteiger partial charge in [0, 0.05) is 17.9 Å². The molecule has 26 heavy (non-hydrogen) atoms. The summed E-state index contributed by atoms with van der Waals surface area (Å²) in [5.74, 6) is -0.550. The summed E-state index contributed by atoms with van der Waals surface area (Å²) < 4.78 is 24.4. The van der Waals surface area contributed by atoms with E-state index in [9.17, 15) is 14.0 Å². The summed E-state index contributed by atoms with van der Waals surface area (Å²) in [6.07, 6.45) is -2.29. The van der Waals surface area contributed by atoms with Gasteiger partial charge < -0.3 is 19.7 Å². The van der Waals surface area contributed by atoms with Crippen molar-refractivity contribution >= 4 is 46.6 Å². The molecule has 0 aliphatic carbocycles. The van der Waals surface area contributed by atoms with Crippen molar-refractivity contribution in [3.8, 4) is 0 Å². The first-order chi connectivity index (χ1) is 12.5. The Morgan fingerprint density at radius 1 is 1.38 bits per heavy atom. The number of morpholine rings is 1. The van der Waals surface area contributed by atoms with Crippen LogP contribution in [0.3, 0.4) is 0 Å². The van der Waals surface area contributed by atoms with Gasteiger partial charge in [0.05, 0.1) is 26.3 Å². The number of benzene rings is 1. The van der Waals surface area contributed by atoms with Crippen LogP contribution in [0.25, 0.3) is 0 Å². The second-order valence-electron chi connectivity index (χ2n) is 5.88. The Hall–Kier alpha value is -1.77. The van der Waals surface area contributed by atoms with E-state index < -0.39 is 29.2 Å². The van der Waals surface area contributed by atoms with Crippen LogP contribution in [0.1, 0.15) is 0 Å². The van der Waals surface area contributed by atoms with Crippen molar-refractivity contribution in [1.82, 2.24) is 5.32 Å². The molecule has 0 bridgehead atoms. The molecule has 7 nitrogen and oxygen atoms in total. The number of cyclic esters (lactones) is 1. The highest BCUT2D eigenvalue weighted by atomic mass is 35.5. The maximum atomic E-state index is 14.1. The SMILES string of the molecule is O=C(NCC1CN(c2cccc(N3CCOCC3F)c2)C(=O)O1)C(Cl)Cl. The number of ether oxygens (including phenoxy) is 2. The lowest BCUT2D eigenvalue weighted by molar-refractivity contribution is -0.119. The minimum absolute atomic E-state index is 0.0138. The Morgan fingerprint density at radius 2 is 2.15 bits per heavy atom. The summed E-state index contributed by atoms with van der Waals surface area (Å²) in [6, 6.07) is 7.00. The first-order valence-electron chi connectivity index (χ1n) is 8.08. The van der Waals surface area contributed by atoms with Crippen LogP contribution >= 0.6 is 23.2 Å². The van der Waals surface area contributed by atoms with Gasteiger partial charge in [-0.1, -0.05) is 29.3 Å². The molecule has 2 amide bonds. The number of anilines is 2. The van der Waals surface area contributed by atoms with Crippen molar-refractivity contribution in [2.24, 2.45) is 0 Å². The number of carbonyl (C=O) groups excluding carboxylic acids is 2. The smallest absolute Gasteiger partial charge is 0.414 e. The van der Waals surface area contributed by atoms with Crippen LogP contribution in [-0.4, -0.2) is 62.1 Å². The number of halogens is 3. The fourth-order valence-electron chi connectivity index (χ4n) is 2.83. The molecule has 1 aromatic carbocycles. The molecule has 2 heterocycles. The van der Waals surface area contributed by atoms with E-state index in [1.54, 1.807) is 29.2 Å². The van der Waals surface area contributed by atoms with Crippen LogP contribution in [0.15, 0.2) is 24.3 Å². The van der Waals surface area contributed by atoms with Crippen LogP contribution in [0.5, 0.6) is 0 Å². The Balaban J connectivity index is 1.66. The van der Waals surface area contributed by atoms with E-state index >= 15 is 0 Å². The molecule has 0 saturated carbocycles. The summed E-state index contributed by atoms with van der Waals surface area (Å²) in [4.78, 5) is 25.4. The van der Waals surface area contributed by atoms with Gasteiger partial charge in [0.25, 0.3) is 5.91 Å². The predicted molar refractivity (Wildman–Crippen MR) is 95.6 cm³/mol. The Labute approximate surface area is 159 Å². The molecule has 0 radical (unpaired) electrons. The number of nitrogens with zero attached hydrogens (tertiary/aromatic N) is 2. The molecule has 1 aromatic rings. The second-order valence-corrected chi connectivity index (χ2v) is 6.98. The molecule has 2 aliphatic rings. The zero-order valence-corrected chi connectivity index (χ0v) is 15.3. The van der Waals surface area contributed by atoms with Gasteiger partial charge in [-0.15, -0.1) is 0 Å². The quantitative estimate of drug-likeness (QED) is 0.599. The molecule has 2 unspecified atom stereocenters. The van der Waals surface area contributed by atoms with Crippen molar-refractivity contribution in [3.63, 3.8) is 0 Å². The monoisotopic (exact) mass is 405 g/mol. The molecule has 1 N–H and O–H groups in total. The third kappa shape index (κ3) is 4.31. The summed E-state index contributed by atoms with van der Waals surface area (Å²) in [7, 11) is 0. The number of nitrogens with one attached hydrogen (secondary N) is 1. The largest absolute Gasteiger partial charge is 0.442 e. The molecule has 2 fully saturated rings. The third-order valence-corrected chi connectivity index (χ3v) is 4.52.